The van der Waals surface area contributed by atoms with Gasteiger partial charge in [-0.15, -0.1) is 11.3 Å². The quantitative estimate of drug-likeness (QED) is 0.508. The molecule has 0 atom stereocenters. The number of hydrogen-bond donors (Lipinski definition) is 1. The molecule has 0 aliphatic rings. The number of aromatic nitrogens is 4. The summed E-state index contributed by atoms with van der Waals surface area (Å²) >= 11 is 1.69. The van der Waals surface area contributed by atoms with Gasteiger partial charge in [-0.25, -0.2) is 9.97 Å². The molecule has 0 saturated heterocycles. The minimum atomic E-state index is 0.601. The van der Waals surface area contributed by atoms with Crippen LogP contribution in [-0.2, 0) is 13.0 Å². The molecule has 28 heavy (non-hydrogen) atoms. The highest BCUT2D eigenvalue weighted by molar-refractivity contribution is 7.18. The average Bonchev–Trinajstić information content (AvgIpc) is 3.41. The molecule has 0 saturated carbocycles. The molecule has 4 rings (SSSR count). The Labute approximate surface area is 167 Å². The van der Waals surface area contributed by atoms with Crippen molar-refractivity contribution in [2.75, 3.05) is 19.5 Å². The number of ether oxygens (including phenoxy) is 2. The summed E-state index contributed by atoms with van der Waals surface area (Å²) in [5.41, 5.74) is 1.07. The first-order valence-corrected chi connectivity index (χ1v) is 9.77. The second kappa shape index (κ2) is 7.85. The van der Waals surface area contributed by atoms with Crippen LogP contribution in [0.25, 0.3) is 16.2 Å². The molecule has 0 aliphatic heterocycles. The van der Waals surface area contributed by atoms with Crippen molar-refractivity contribution in [3.05, 3.63) is 53.4 Å². The highest BCUT2D eigenvalue weighted by Gasteiger charge is 2.13. The number of thiophene rings is 1. The summed E-state index contributed by atoms with van der Waals surface area (Å²) in [5.74, 6) is 2.82. The lowest BCUT2D eigenvalue weighted by atomic mass is 10.2. The molecule has 3 aromatic heterocycles. The van der Waals surface area contributed by atoms with Gasteiger partial charge in [-0.3, -0.25) is 4.57 Å². The zero-order chi connectivity index (χ0) is 19.5. The third-order valence-electron chi connectivity index (χ3n) is 4.42. The third-order valence-corrected chi connectivity index (χ3v) is 5.60. The maximum Gasteiger partial charge on any atom is 0.238 e. The number of rotatable bonds is 7. The molecule has 1 aromatic carbocycles. The maximum atomic E-state index is 5.40. The van der Waals surface area contributed by atoms with E-state index >= 15 is 0 Å². The molecule has 1 N–H and O–H groups in total. The van der Waals surface area contributed by atoms with Crippen LogP contribution in [0.2, 0.25) is 0 Å². The summed E-state index contributed by atoms with van der Waals surface area (Å²) in [6.07, 6.45) is 6.23. The first-order valence-electron chi connectivity index (χ1n) is 8.95. The van der Waals surface area contributed by atoms with Crippen molar-refractivity contribution in [3.8, 4) is 17.4 Å². The lowest BCUT2D eigenvalue weighted by molar-refractivity contribution is 0.354. The number of aryl methyl sites for hydroxylation is 1. The van der Waals surface area contributed by atoms with Gasteiger partial charge in [-0.1, -0.05) is 13.0 Å². The molecule has 0 spiro atoms. The normalized spacial score (nSPS) is 11.0. The minimum absolute atomic E-state index is 0.601. The van der Waals surface area contributed by atoms with Crippen LogP contribution in [0.1, 0.15) is 17.4 Å². The smallest absolute Gasteiger partial charge is 0.238 e. The van der Waals surface area contributed by atoms with Gasteiger partial charge in [0.05, 0.1) is 19.6 Å². The molecule has 0 amide bonds. The van der Waals surface area contributed by atoms with Gasteiger partial charge in [0.2, 0.25) is 5.95 Å². The zero-order valence-corrected chi connectivity index (χ0v) is 16.8. The summed E-state index contributed by atoms with van der Waals surface area (Å²) in [6, 6.07) is 8.04. The van der Waals surface area contributed by atoms with E-state index in [9.17, 15) is 0 Å². The summed E-state index contributed by atoms with van der Waals surface area (Å²) in [7, 11) is 3.27. The molecule has 8 heteroatoms. The number of methoxy groups -OCH3 is 2. The largest absolute Gasteiger partial charge is 0.493 e. The number of nitrogens with zero attached hydrogens (tertiary/aromatic N) is 4. The van der Waals surface area contributed by atoms with E-state index in [0.29, 0.717) is 24.0 Å². The van der Waals surface area contributed by atoms with Crippen LogP contribution in [0.15, 0.2) is 43.0 Å². The predicted octanol–water partition coefficient (Wildman–Crippen LogP) is 4.07. The van der Waals surface area contributed by atoms with Crippen LogP contribution in [0, 0.1) is 0 Å². The summed E-state index contributed by atoms with van der Waals surface area (Å²) in [6.45, 7) is 2.75. The van der Waals surface area contributed by atoms with Crippen LogP contribution >= 0.6 is 11.3 Å². The summed E-state index contributed by atoms with van der Waals surface area (Å²) < 4.78 is 12.5. The second-order valence-electron chi connectivity index (χ2n) is 6.17. The van der Waals surface area contributed by atoms with Crippen LogP contribution in [0.4, 0.5) is 5.82 Å². The first kappa shape index (κ1) is 18.2. The standard InChI is InChI=1S/C20H21N5O2S/c1-4-14-10-15-18(22-11-13-5-6-16(26-2)17(9-13)27-3)23-20(24-19(15)28-14)25-8-7-21-12-25/h5-10,12H,4,11H2,1-3H3,(H,22,23,24). The molecule has 7 nitrogen and oxygen atoms in total. The van der Waals surface area contributed by atoms with Gasteiger partial charge in [0.25, 0.3) is 0 Å². The van der Waals surface area contributed by atoms with Gasteiger partial charge in [-0.05, 0) is 30.2 Å². The molecule has 144 valence electrons. The lowest BCUT2D eigenvalue weighted by Crippen LogP contribution is -2.06. The van der Waals surface area contributed by atoms with Gasteiger partial charge in [-0.2, -0.15) is 4.98 Å². The second-order valence-corrected chi connectivity index (χ2v) is 7.29. The van der Waals surface area contributed by atoms with Crippen LogP contribution in [-0.4, -0.2) is 33.7 Å². The van der Waals surface area contributed by atoms with E-state index in [4.69, 9.17) is 19.4 Å². The van der Waals surface area contributed by atoms with Crippen LogP contribution in [0.3, 0.4) is 0 Å². The van der Waals surface area contributed by atoms with E-state index in [1.807, 2.05) is 29.0 Å². The monoisotopic (exact) mass is 395 g/mol. The Kier molecular flexibility index (Phi) is 5.12. The molecule has 0 bridgehead atoms. The van der Waals surface area contributed by atoms with Gasteiger partial charge >= 0.3 is 0 Å². The summed E-state index contributed by atoms with van der Waals surface area (Å²) in [5, 5.41) is 4.49. The van der Waals surface area contributed by atoms with E-state index in [2.05, 4.69) is 23.3 Å². The van der Waals surface area contributed by atoms with Crippen molar-refractivity contribution in [1.82, 2.24) is 19.5 Å². The fraction of sp³-hybridized carbons (Fsp3) is 0.250. The molecular formula is C20H21N5O2S. The van der Waals surface area contributed by atoms with Crippen LogP contribution < -0.4 is 14.8 Å². The highest BCUT2D eigenvalue weighted by Crippen LogP contribution is 2.31. The van der Waals surface area contributed by atoms with Crippen molar-refractivity contribution in [1.29, 1.82) is 0 Å². The van der Waals surface area contributed by atoms with E-state index in [1.165, 1.54) is 4.88 Å². The number of benzene rings is 1. The number of fused-ring (bicyclic) bond motifs is 1. The Morgan fingerprint density at radius 1 is 1.11 bits per heavy atom. The van der Waals surface area contributed by atoms with E-state index in [1.54, 1.807) is 38.1 Å². The van der Waals surface area contributed by atoms with Gasteiger partial charge in [0, 0.05) is 23.8 Å². The third kappa shape index (κ3) is 3.50. The Morgan fingerprint density at radius 3 is 2.68 bits per heavy atom. The number of nitrogens with one attached hydrogen (secondary N) is 1. The summed E-state index contributed by atoms with van der Waals surface area (Å²) in [4.78, 5) is 15.8. The molecule has 0 unspecified atom stereocenters. The Morgan fingerprint density at radius 2 is 1.96 bits per heavy atom. The fourth-order valence-corrected chi connectivity index (χ4v) is 3.90. The SMILES string of the molecule is CCc1cc2c(NCc3ccc(OC)c(OC)c3)nc(-n3ccnc3)nc2s1. The maximum absolute atomic E-state index is 5.40. The number of imidazole rings is 1. The zero-order valence-electron chi connectivity index (χ0n) is 16.0. The number of anilines is 1. The average molecular weight is 395 g/mol. The van der Waals surface area contributed by atoms with Crippen molar-refractivity contribution in [3.63, 3.8) is 0 Å². The molecular weight excluding hydrogens is 374 g/mol. The highest BCUT2D eigenvalue weighted by atomic mass is 32.1. The van der Waals surface area contributed by atoms with Crippen molar-refractivity contribution in [2.45, 2.75) is 19.9 Å². The van der Waals surface area contributed by atoms with Gasteiger partial charge in [0.1, 0.15) is 17.0 Å². The number of hydrogen-bond acceptors (Lipinski definition) is 7. The van der Waals surface area contributed by atoms with E-state index in [-0.39, 0.29) is 0 Å². The lowest BCUT2D eigenvalue weighted by Gasteiger charge is -2.12. The fourth-order valence-electron chi connectivity index (χ4n) is 2.94. The van der Waals surface area contributed by atoms with E-state index in [0.717, 1.165) is 28.0 Å². The Hall–Kier alpha value is -3.13. The Balaban J connectivity index is 1.68. The topological polar surface area (TPSA) is 74.1 Å². The van der Waals surface area contributed by atoms with Gasteiger partial charge in [0.15, 0.2) is 11.5 Å². The predicted molar refractivity (Wildman–Crippen MR) is 111 cm³/mol. The van der Waals surface area contributed by atoms with Crippen LogP contribution in [0.5, 0.6) is 11.5 Å². The first-order chi connectivity index (χ1) is 13.7. The molecule has 0 aliphatic carbocycles. The van der Waals surface area contributed by atoms with Crippen molar-refractivity contribution in [2.24, 2.45) is 0 Å². The van der Waals surface area contributed by atoms with E-state index < -0.39 is 0 Å². The van der Waals surface area contributed by atoms with Crippen molar-refractivity contribution < 1.29 is 9.47 Å². The molecule has 3 heterocycles. The molecule has 4 aromatic rings. The molecule has 0 radical (unpaired) electrons. The van der Waals surface area contributed by atoms with Gasteiger partial charge < -0.3 is 14.8 Å². The minimum Gasteiger partial charge on any atom is -0.493 e. The molecule has 0 fully saturated rings. The Bertz CT molecular complexity index is 1090. The van der Waals surface area contributed by atoms with Crippen molar-refractivity contribution >= 4 is 27.4 Å².